The van der Waals surface area contributed by atoms with E-state index in [4.69, 9.17) is 14.5 Å². The molecular weight excluding hydrogens is 382 g/mol. The van der Waals surface area contributed by atoms with Crippen LogP contribution in [0.25, 0.3) is 0 Å². The van der Waals surface area contributed by atoms with Crippen molar-refractivity contribution in [2.45, 2.75) is 38.5 Å². The van der Waals surface area contributed by atoms with Gasteiger partial charge in [0.1, 0.15) is 0 Å². The maximum absolute atomic E-state index is 5.42. The van der Waals surface area contributed by atoms with Crippen molar-refractivity contribution in [3.8, 4) is 11.5 Å². The molecule has 9 nitrogen and oxygen atoms in total. The molecule has 4 heterocycles. The molecular formula is C21H27N7O2. The second kappa shape index (κ2) is 8.73. The fourth-order valence-corrected chi connectivity index (χ4v) is 4.03. The van der Waals surface area contributed by atoms with Crippen molar-refractivity contribution in [2.75, 3.05) is 48.2 Å². The number of fused-ring (bicyclic) bond motifs is 1. The Hall–Kier alpha value is -3.10. The zero-order valence-electron chi connectivity index (χ0n) is 17.1. The lowest BCUT2D eigenvalue weighted by Crippen LogP contribution is -2.34. The molecule has 0 radical (unpaired) electrons. The van der Waals surface area contributed by atoms with Gasteiger partial charge in [0.05, 0.1) is 6.21 Å². The van der Waals surface area contributed by atoms with Gasteiger partial charge in [-0.2, -0.15) is 20.1 Å². The van der Waals surface area contributed by atoms with Gasteiger partial charge in [-0.1, -0.05) is 0 Å². The summed E-state index contributed by atoms with van der Waals surface area (Å²) in [6.07, 6.45) is 8.97. The van der Waals surface area contributed by atoms with Gasteiger partial charge in [0.2, 0.25) is 24.6 Å². The summed E-state index contributed by atoms with van der Waals surface area (Å²) in [5, 5.41) is 4.35. The highest BCUT2D eigenvalue weighted by atomic mass is 16.7. The van der Waals surface area contributed by atoms with Crippen LogP contribution in [-0.2, 0) is 0 Å². The van der Waals surface area contributed by atoms with E-state index in [1.807, 2.05) is 18.2 Å². The first-order chi connectivity index (χ1) is 14.8. The summed E-state index contributed by atoms with van der Waals surface area (Å²) in [6, 6.07) is 5.72. The first-order valence-electron chi connectivity index (χ1n) is 10.8. The molecule has 1 N–H and O–H groups in total. The summed E-state index contributed by atoms with van der Waals surface area (Å²) in [5.74, 6) is 3.45. The molecule has 0 unspecified atom stereocenters. The summed E-state index contributed by atoms with van der Waals surface area (Å²) >= 11 is 0. The van der Waals surface area contributed by atoms with Gasteiger partial charge in [-0.25, -0.2) is 5.43 Å². The topological polar surface area (TPSA) is 88.0 Å². The summed E-state index contributed by atoms with van der Waals surface area (Å²) in [6.45, 7) is 4.22. The molecule has 1 aromatic heterocycles. The third kappa shape index (κ3) is 4.24. The highest BCUT2D eigenvalue weighted by molar-refractivity contribution is 5.81. The second-order valence-electron chi connectivity index (χ2n) is 7.84. The van der Waals surface area contributed by atoms with E-state index in [9.17, 15) is 0 Å². The molecule has 0 aliphatic carbocycles. The van der Waals surface area contributed by atoms with Crippen LogP contribution in [0.4, 0.5) is 17.8 Å². The second-order valence-corrected chi connectivity index (χ2v) is 7.84. The summed E-state index contributed by atoms with van der Waals surface area (Å²) < 4.78 is 10.8. The zero-order valence-corrected chi connectivity index (χ0v) is 17.1. The molecule has 0 saturated carbocycles. The first kappa shape index (κ1) is 18.9. The van der Waals surface area contributed by atoms with Gasteiger partial charge in [-0.15, -0.1) is 0 Å². The molecule has 30 heavy (non-hydrogen) atoms. The van der Waals surface area contributed by atoms with Crippen molar-refractivity contribution in [1.29, 1.82) is 0 Å². The number of ether oxygens (including phenoxy) is 2. The quantitative estimate of drug-likeness (QED) is 0.596. The number of nitrogens with zero attached hydrogens (tertiary/aromatic N) is 6. The minimum atomic E-state index is 0.261. The van der Waals surface area contributed by atoms with Crippen molar-refractivity contribution in [2.24, 2.45) is 5.10 Å². The van der Waals surface area contributed by atoms with Gasteiger partial charge >= 0.3 is 0 Å². The van der Waals surface area contributed by atoms with Gasteiger partial charge in [0.15, 0.2) is 11.5 Å². The first-order valence-corrected chi connectivity index (χ1v) is 10.8. The Bertz CT molecular complexity index is 872. The van der Waals surface area contributed by atoms with E-state index in [0.29, 0.717) is 5.95 Å². The molecule has 9 heteroatoms. The van der Waals surface area contributed by atoms with Crippen LogP contribution < -0.4 is 24.7 Å². The third-order valence-corrected chi connectivity index (χ3v) is 5.66. The Kier molecular flexibility index (Phi) is 5.50. The average Bonchev–Trinajstić information content (AvgIpc) is 3.28. The summed E-state index contributed by atoms with van der Waals surface area (Å²) in [7, 11) is 0. The van der Waals surface area contributed by atoms with Crippen LogP contribution in [0.3, 0.4) is 0 Å². The lowest BCUT2D eigenvalue weighted by atomic mass is 10.1. The molecule has 158 valence electrons. The molecule has 5 rings (SSSR count). The Morgan fingerprint density at radius 3 is 2.10 bits per heavy atom. The monoisotopic (exact) mass is 409 g/mol. The third-order valence-electron chi connectivity index (χ3n) is 5.66. The van der Waals surface area contributed by atoms with Crippen LogP contribution in [-0.4, -0.2) is 54.1 Å². The standard InChI is InChI=1S/C21H27N7O2/c1-3-9-27(10-4-1)20-23-19(24-21(25-20)28-11-5-2-6-12-28)26-22-14-16-7-8-17-18(13-16)30-15-29-17/h7-8,13-14H,1-6,9-12,15H2,(H,23,24,25,26)/b22-14+. The fraction of sp³-hybridized carbons (Fsp3) is 0.524. The predicted octanol–water partition coefficient (Wildman–Crippen LogP) is 3.03. The van der Waals surface area contributed by atoms with Crippen LogP contribution in [0.1, 0.15) is 44.1 Å². The van der Waals surface area contributed by atoms with E-state index < -0.39 is 0 Å². The van der Waals surface area contributed by atoms with Crippen molar-refractivity contribution in [1.82, 2.24) is 15.0 Å². The van der Waals surface area contributed by atoms with Gasteiger partial charge in [0, 0.05) is 26.2 Å². The Morgan fingerprint density at radius 2 is 1.43 bits per heavy atom. The Morgan fingerprint density at radius 1 is 0.800 bits per heavy atom. The summed E-state index contributed by atoms with van der Waals surface area (Å²) in [4.78, 5) is 18.6. The van der Waals surface area contributed by atoms with E-state index in [1.165, 1.54) is 38.5 Å². The van der Waals surface area contributed by atoms with Crippen molar-refractivity contribution >= 4 is 24.1 Å². The van der Waals surface area contributed by atoms with E-state index in [2.05, 4.69) is 30.3 Å². The number of hydrogen-bond acceptors (Lipinski definition) is 9. The molecule has 0 atom stereocenters. The predicted molar refractivity (Wildman–Crippen MR) is 116 cm³/mol. The Labute approximate surface area is 176 Å². The number of rotatable bonds is 5. The van der Waals surface area contributed by atoms with E-state index in [0.717, 1.165) is 55.1 Å². The van der Waals surface area contributed by atoms with Gasteiger partial charge in [-0.3, -0.25) is 0 Å². The fourth-order valence-electron chi connectivity index (χ4n) is 4.03. The van der Waals surface area contributed by atoms with Crippen LogP contribution in [0, 0.1) is 0 Å². The van der Waals surface area contributed by atoms with Crippen molar-refractivity contribution in [3.63, 3.8) is 0 Å². The molecule has 3 aliphatic rings. The number of aromatic nitrogens is 3. The molecule has 0 bridgehead atoms. The molecule has 0 amide bonds. The van der Waals surface area contributed by atoms with E-state index >= 15 is 0 Å². The number of nitrogens with one attached hydrogen (secondary N) is 1. The number of anilines is 3. The molecule has 2 fully saturated rings. The minimum absolute atomic E-state index is 0.261. The van der Waals surface area contributed by atoms with E-state index in [1.54, 1.807) is 6.21 Å². The lowest BCUT2D eigenvalue weighted by molar-refractivity contribution is 0.174. The van der Waals surface area contributed by atoms with Crippen LogP contribution in [0.5, 0.6) is 11.5 Å². The number of benzene rings is 1. The molecule has 2 saturated heterocycles. The van der Waals surface area contributed by atoms with Crippen molar-refractivity contribution in [3.05, 3.63) is 23.8 Å². The highest BCUT2D eigenvalue weighted by Crippen LogP contribution is 2.32. The maximum atomic E-state index is 5.42. The number of hydrogen-bond donors (Lipinski definition) is 1. The smallest absolute Gasteiger partial charge is 0.250 e. The van der Waals surface area contributed by atoms with Crippen LogP contribution in [0.2, 0.25) is 0 Å². The molecule has 1 aromatic carbocycles. The van der Waals surface area contributed by atoms with Crippen molar-refractivity contribution < 1.29 is 9.47 Å². The van der Waals surface area contributed by atoms with E-state index in [-0.39, 0.29) is 6.79 Å². The van der Waals surface area contributed by atoms with Gasteiger partial charge in [-0.05, 0) is 62.3 Å². The number of hydrazone groups is 1. The van der Waals surface area contributed by atoms with Gasteiger partial charge < -0.3 is 19.3 Å². The molecule has 0 spiro atoms. The zero-order chi connectivity index (χ0) is 20.2. The highest BCUT2D eigenvalue weighted by Gasteiger charge is 2.20. The minimum Gasteiger partial charge on any atom is -0.454 e. The molecule has 3 aliphatic heterocycles. The number of piperidine rings is 2. The lowest BCUT2D eigenvalue weighted by Gasteiger charge is -2.30. The Balaban J connectivity index is 1.35. The molecule has 2 aromatic rings. The summed E-state index contributed by atoms with van der Waals surface area (Å²) in [5.41, 5.74) is 3.91. The largest absolute Gasteiger partial charge is 0.454 e. The maximum Gasteiger partial charge on any atom is 0.250 e. The van der Waals surface area contributed by atoms with Crippen LogP contribution in [0.15, 0.2) is 23.3 Å². The van der Waals surface area contributed by atoms with Gasteiger partial charge in [0.25, 0.3) is 0 Å². The average molecular weight is 409 g/mol. The SMILES string of the molecule is C(=N\Nc1nc(N2CCCCC2)nc(N2CCCCC2)n1)/c1ccc2c(c1)OCO2. The normalized spacial score (nSPS) is 18.8. The van der Waals surface area contributed by atoms with Crippen LogP contribution >= 0.6 is 0 Å².